The lowest BCUT2D eigenvalue weighted by Crippen LogP contribution is -2.50. The van der Waals surface area contributed by atoms with Crippen LogP contribution >= 0.6 is 11.6 Å². The van der Waals surface area contributed by atoms with Gasteiger partial charge in [0.05, 0.1) is 17.2 Å². The molecule has 0 saturated carbocycles. The average molecular weight is 562 g/mol. The van der Waals surface area contributed by atoms with Gasteiger partial charge in [0.25, 0.3) is 10.0 Å². The molecule has 3 aromatic carbocycles. The second kappa shape index (κ2) is 12.7. The number of likely N-dealkylation sites (N-methyl/N-ethyl adjacent to an activating group) is 1. The highest BCUT2D eigenvalue weighted by Gasteiger charge is 2.33. The minimum atomic E-state index is -4.27. The van der Waals surface area contributed by atoms with Gasteiger partial charge < -0.3 is 15.0 Å². The third-order valence-electron chi connectivity index (χ3n) is 5.79. The molecule has 0 radical (unpaired) electrons. The number of halogens is 2. The van der Waals surface area contributed by atoms with Crippen LogP contribution in [0.25, 0.3) is 0 Å². The van der Waals surface area contributed by atoms with E-state index in [1.807, 2.05) is 0 Å². The highest BCUT2D eigenvalue weighted by molar-refractivity contribution is 7.92. The Labute approximate surface area is 227 Å². The van der Waals surface area contributed by atoms with E-state index in [0.29, 0.717) is 10.6 Å². The standard InChI is InChI=1S/C27H29ClFN3O5S/c1-4-37-25-8-6-5-7-24(25)32(38(35,36)23-15-11-21(28)12-16-23)18-26(33)31(19(2)27(34)30-3)17-20-9-13-22(29)14-10-20/h5-16,19H,4,17-18H2,1-3H3,(H,30,34). The molecule has 1 unspecified atom stereocenters. The maximum absolute atomic E-state index is 13.8. The quantitative estimate of drug-likeness (QED) is 0.378. The summed E-state index contributed by atoms with van der Waals surface area (Å²) in [5.41, 5.74) is 0.726. The molecule has 3 aromatic rings. The van der Waals surface area contributed by atoms with Crippen LogP contribution in [0.4, 0.5) is 10.1 Å². The third-order valence-corrected chi connectivity index (χ3v) is 7.82. The Kier molecular flexibility index (Phi) is 9.71. The second-order valence-electron chi connectivity index (χ2n) is 8.30. The summed E-state index contributed by atoms with van der Waals surface area (Å²) >= 11 is 5.97. The molecular weight excluding hydrogens is 533 g/mol. The zero-order valence-corrected chi connectivity index (χ0v) is 22.8. The van der Waals surface area contributed by atoms with Gasteiger partial charge in [0, 0.05) is 18.6 Å². The number of carbonyl (C=O) groups excluding carboxylic acids is 2. The Morgan fingerprint density at radius 1 is 1.03 bits per heavy atom. The zero-order valence-electron chi connectivity index (χ0n) is 21.2. The summed E-state index contributed by atoms with van der Waals surface area (Å²) in [5.74, 6) is -1.26. The van der Waals surface area contributed by atoms with Gasteiger partial charge in [-0.3, -0.25) is 13.9 Å². The summed E-state index contributed by atoms with van der Waals surface area (Å²) in [5, 5.41) is 2.86. The zero-order chi connectivity index (χ0) is 27.9. The van der Waals surface area contributed by atoms with Gasteiger partial charge in [-0.25, -0.2) is 12.8 Å². The summed E-state index contributed by atoms with van der Waals surface area (Å²) in [6.45, 7) is 2.89. The molecule has 0 aromatic heterocycles. The lowest BCUT2D eigenvalue weighted by atomic mass is 10.1. The smallest absolute Gasteiger partial charge is 0.264 e. The molecule has 202 valence electrons. The largest absolute Gasteiger partial charge is 0.492 e. The number of sulfonamides is 1. The molecular formula is C27H29ClFN3O5S. The van der Waals surface area contributed by atoms with Gasteiger partial charge in [0.2, 0.25) is 11.8 Å². The number of hydrogen-bond donors (Lipinski definition) is 1. The van der Waals surface area contributed by atoms with Gasteiger partial charge in [-0.1, -0.05) is 35.9 Å². The van der Waals surface area contributed by atoms with Crippen LogP contribution in [-0.4, -0.2) is 51.4 Å². The molecule has 0 heterocycles. The van der Waals surface area contributed by atoms with Gasteiger partial charge in [0.15, 0.2) is 0 Å². The van der Waals surface area contributed by atoms with Crippen molar-refractivity contribution >= 4 is 39.1 Å². The number of hydrogen-bond acceptors (Lipinski definition) is 5. The first-order chi connectivity index (χ1) is 18.1. The molecule has 38 heavy (non-hydrogen) atoms. The lowest BCUT2D eigenvalue weighted by Gasteiger charge is -2.32. The van der Waals surface area contributed by atoms with Gasteiger partial charge in [-0.05, 0) is 67.9 Å². The monoisotopic (exact) mass is 561 g/mol. The number of benzene rings is 3. The number of nitrogens with zero attached hydrogens (tertiary/aromatic N) is 2. The van der Waals surface area contributed by atoms with E-state index in [1.165, 1.54) is 73.5 Å². The Bertz CT molecular complexity index is 1370. The molecule has 8 nitrogen and oxygen atoms in total. The molecule has 3 rings (SSSR count). The average Bonchev–Trinajstić information content (AvgIpc) is 2.91. The molecule has 0 bridgehead atoms. The fraction of sp³-hybridized carbons (Fsp3) is 0.259. The first kappa shape index (κ1) is 28.9. The number of rotatable bonds is 11. The molecule has 0 aliphatic carbocycles. The van der Waals surface area contributed by atoms with E-state index >= 15 is 0 Å². The van der Waals surface area contributed by atoms with Crippen LogP contribution in [0.1, 0.15) is 19.4 Å². The molecule has 0 fully saturated rings. The van der Waals surface area contributed by atoms with Crippen molar-refractivity contribution in [2.45, 2.75) is 31.3 Å². The fourth-order valence-electron chi connectivity index (χ4n) is 3.77. The van der Waals surface area contributed by atoms with Gasteiger partial charge in [-0.15, -0.1) is 0 Å². The molecule has 2 amide bonds. The number of nitrogens with one attached hydrogen (secondary N) is 1. The first-order valence-electron chi connectivity index (χ1n) is 11.8. The van der Waals surface area contributed by atoms with Crippen molar-refractivity contribution in [3.05, 3.63) is 89.2 Å². The molecule has 0 aliphatic heterocycles. The van der Waals surface area contributed by atoms with Crippen LogP contribution in [-0.2, 0) is 26.2 Å². The molecule has 0 saturated heterocycles. The van der Waals surface area contributed by atoms with Crippen LogP contribution in [0.2, 0.25) is 5.02 Å². The molecule has 1 N–H and O–H groups in total. The van der Waals surface area contributed by atoms with E-state index in [4.69, 9.17) is 16.3 Å². The predicted molar refractivity (Wildman–Crippen MR) is 144 cm³/mol. The number of carbonyl (C=O) groups is 2. The fourth-order valence-corrected chi connectivity index (χ4v) is 5.32. The summed E-state index contributed by atoms with van der Waals surface area (Å²) < 4.78 is 47.8. The Hall–Kier alpha value is -3.63. The van der Waals surface area contributed by atoms with E-state index in [1.54, 1.807) is 25.1 Å². The summed E-state index contributed by atoms with van der Waals surface area (Å²) in [4.78, 5) is 27.5. The number of amides is 2. The van der Waals surface area contributed by atoms with E-state index < -0.39 is 40.2 Å². The maximum Gasteiger partial charge on any atom is 0.264 e. The first-order valence-corrected chi connectivity index (χ1v) is 13.7. The van der Waals surface area contributed by atoms with Crippen molar-refractivity contribution in [2.75, 3.05) is 24.5 Å². The summed E-state index contributed by atoms with van der Waals surface area (Å²) in [7, 11) is -2.83. The minimum absolute atomic E-state index is 0.0460. The number of anilines is 1. The van der Waals surface area contributed by atoms with E-state index in [0.717, 1.165) is 4.31 Å². The topological polar surface area (TPSA) is 96.0 Å². The highest BCUT2D eigenvalue weighted by Crippen LogP contribution is 2.33. The van der Waals surface area contributed by atoms with Crippen molar-refractivity contribution in [1.82, 2.24) is 10.2 Å². The molecule has 1 atom stereocenters. The second-order valence-corrected chi connectivity index (χ2v) is 10.6. The maximum atomic E-state index is 13.8. The Morgan fingerprint density at radius 3 is 2.26 bits per heavy atom. The summed E-state index contributed by atoms with van der Waals surface area (Å²) in [6.07, 6.45) is 0. The van der Waals surface area contributed by atoms with Crippen LogP contribution in [0.3, 0.4) is 0 Å². The van der Waals surface area contributed by atoms with Crippen LogP contribution in [0.5, 0.6) is 5.75 Å². The minimum Gasteiger partial charge on any atom is -0.492 e. The van der Waals surface area contributed by atoms with Crippen LogP contribution < -0.4 is 14.4 Å². The van der Waals surface area contributed by atoms with Crippen LogP contribution in [0.15, 0.2) is 77.7 Å². The van der Waals surface area contributed by atoms with Crippen molar-refractivity contribution in [3.8, 4) is 5.75 Å². The molecule has 0 spiro atoms. The van der Waals surface area contributed by atoms with Gasteiger partial charge in [0.1, 0.15) is 24.2 Å². The Balaban J connectivity index is 2.08. The normalized spacial score (nSPS) is 11.9. The SMILES string of the molecule is CCOc1ccccc1N(CC(=O)N(Cc1ccc(F)cc1)C(C)C(=O)NC)S(=O)(=O)c1ccc(Cl)cc1. The lowest BCUT2D eigenvalue weighted by molar-refractivity contribution is -0.139. The van der Waals surface area contributed by atoms with Crippen molar-refractivity contribution in [3.63, 3.8) is 0 Å². The van der Waals surface area contributed by atoms with Gasteiger partial charge >= 0.3 is 0 Å². The van der Waals surface area contributed by atoms with E-state index in [2.05, 4.69) is 5.32 Å². The van der Waals surface area contributed by atoms with E-state index in [-0.39, 0.29) is 29.5 Å². The van der Waals surface area contributed by atoms with Crippen LogP contribution in [0, 0.1) is 5.82 Å². The summed E-state index contributed by atoms with van der Waals surface area (Å²) in [6, 6.07) is 16.6. The van der Waals surface area contributed by atoms with Crippen molar-refractivity contribution in [1.29, 1.82) is 0 Å². The van der Waals surface area contributed by atoms with Crippen molar-refractivity contribution < 1.29 is 27.1 Å². The number of ether oxygens (including phenoxy) is 1. The predicted octanol–water partition coefficient (Wildman–Crippen LogP) is 4.24. The van der Waals surface area contributed by atoms with Crippen molar-refractivity contribution in [2.24, 2.45) is 0 Å². The third kappa shape index (κ3) is 6.81. The Morgan fingerprint density at radius 2 is 1.66 bits per heavy atom. The molecule has 11 heteroatoms. The van der Waals surface area contributed by atoms with E-state index in [9.17, 15) is 22.4 Å². The molecule has 0 aliphatic rings. The highest BCUT2D eigenvalue weighted by atomic mass is 35.5. The number of para-hydroxylation sites is 2. The van der Waals surface area contributed by atoms with Gasteiger partial charge in [-0.2, -0.15) is 0 Å².